The zero-order chi connectivity index (χ0) is 14.2. The number of halogens is 1. The monoisotopic (exact) mass is 343 g/mol. The van der Waals surface area contributed by atoms with E-state index in [1.165, 1.54) is 36.8 Å². The Morgan fingerprint density at radius 1 is 1.10 bits per heavy atom. The van der Waals surface area contributed by atoms with E-state index < -0.39 is 0 Å². The van der Waals surface area contributed by atoms with E-state index in [1.54, 1.807) is 0 Å². The normalized spacial score (nSPS) is 20.9. The number of rotatable bonds is 3. The van der Waals surface area contributed by atoms with Crippen LogP contribution < -0.4 is 5.32 Å². The highest BCUT2D eigenvalue weighted by Gasteiger charge is 2.27. The maximum absolute atomic E-state index is 4.71. The van der Waals surface area contributed by atoms with Crippen LogP contribution in [-0.4, -0.2) is 9.97 Å². The molecule has 0 bridgehead atoms. The predicted molar refractivity (Wildman–Crippen MR) is 87.5 cm³/mol. The summed E-state index contributed by atoms with van der Waals surface area (Å²) in [6.45, 7) is 0. The second kappa shape index (κ2) is 5.41. The van der Waals surface area contributed by atoms with Gasteiger partial charge in [-0.3, -0.25) is 0 Å². The van der Waals surface area contributed by atoms with Crippen LogP contribution >= 0.6 is 15.9 Å². The van der Waals surface area contributed by atoms with E-state index in [-0.39, 0.29) is 0 Å². The van der Waals surface area contributed by atoms with Gasteiger partial charge in [0.15, 0.2) is 0 Å². The molecule has 2 aliphatic rings. The first-order valence-corrected chi connectivity index (χ1v) is 8.48. The van der Waals surface area contributed by atoms with Crippen molar-refractivity contribution < 1.29 is 0 Å². The van der Waals surface area contributed by atoms with E-state index in [0.29, 0.717) is 12.0 Å². The van der Waals surface area contributed by atoms with Gasteiger partial charge in [0, 0.05) is 12.0 Å². The van der Waals surface area contributed by atoms with Gasteiger partial charge in [-0.25, -0.2) is 9.97 Å². The van der Waals surface area contributed by atoms with Crippen LogP contribution in [0.25, 0.3) is 0 Å². The van der Waals surface area contributed by atoms with Gasteiger partial charge in [0.25, 0.3) is 0 Å². The largest absolute Gasteiger partial charge is 0.363 e. The molecule has 1 aromatic heterocycles. The Labute approximate surface area is 133 Å². The zero-order valence-electron chi connectivity index (χ0n) is 11.8. The zero-order valence-corrected chi connectivity index (χ0v) is 13.4. The lowest BCUT2D eigenvalue weighted by Gasteiger charge is -2.27. The van der Waals surface area contributed by atoms with Crippen molar-refractivity contribution in [3.8, 4) is 0 Å². The first kappa shape index (κ1) is 13.3. The molecule has 1 atom stereocenters. The summed E-state index contributed by atoms with van der Waals surface area (Å²) in [6, 6.07) is 11.1. The molecule has 0 radical (unpaired) electrons. The molecule has 1 fully saturated rings. The maximum atomic E-state index is 4.71. The molecule has 1 N–H and O–H groups in total. The van der Waals surface area contributed by atoms with Crippen molar-refractivity contribution >= 4 is 21.7 Å². The minimum Gasteiger partial charge on any atom is -0.363 e. The minimum absolute atomic E-state index is 0.365. The molecule has 0 spiro atoms. The standard InChI is InChI=1S/C17H18BrN3/c18-15-10-16(21-17(20-15)12-8-9-12)19-14-7-3-5-11-4-1-2-6-13(11)14/h1-2,4,6,10,12,14H,3,5,7-9H2,(H,19,20,21). The van der Waals surface area contributed by atoms with Gasteiger partial charge in [0.2, 0.25) is 0 Å². The van der Waals surface area contributed by atoms with Gasteiger partial charge < -0.3 is 5.32 Å². The predicted octanol–water partition coefficient (Wildman–Crippen LogP) is 4.61. The number of fused-ring (bicyclic) bond motifs is 1. The summed E-state index contributed by atoms with van der Waals surface area (Å²) in [5.41, 5.74) is 2.89. The fourth-order valence-corrected chi connectivity index (χ4v) is 3.51. The highest BCUT2D eigenvalue weighted by Crippen LogP contribution is 2.39. The van der Waals surface area contributed by atoms with E-state index >= 15 is 0 Å². The summed E-state index contributed by atoms with van der Waals surface area (Å²) in [4.78, 5) is 9.21. The fraction of sp³-hybridized carbons (Fsp3) is 0.412. The van der Waals surface area contributed by atoms with Crippen molar-refractivity contribution in [1.29, 1.82) is 0 Å². The summed E-state index contributed by atoms with van der Waals surface area (Å²) in [6.07, 6.45) is 6.03. The summed E-state index contributed by atoms with van der Waals surface area (Å²) in [5, 5.41) is 3.62. The molecule has 0 aliphatic heterocycles. The summed E-state index contributed by atoms with van der Waals surface area (Å²) >= 11 is 3.51. The van der Waals surface area contributed by atoms with Crippen LogP contribution in [0.1, 0.15) is 54.6 Å². The van der Waals surface area contributed by atoms with Crippen molar-refractivity contribution in [2.75, 3.05) is 5.32 Å². The Morgan fingerprint density at radius 3 is 2.81 bits per heavy atom. The van der Waals surface area contributed by atoms with Crippen molar-refractivity contribution in [2.45, 2.75) is 44.1 Å². The second-order valence-electron chi connectivity index (χ2n) is 6.00. The summed E-state index contributed by atoms with van der Waals surface area (Å²) in [7, 11) is 0. The molecule has 2 aromatic rings. The van der Waals surface area contributed by atoms with E-state index in [4.69, 9.17) is 4.98 Å². The first-order chi connectivity index (χ1) is 10.3. The third kappa shape index (κ3) is 2.82. The van der Waals surface area contributed by atoms with Crippen LogP contribution in [0.15, 0.2) is 34.9 Å². The van der Waals surface area contributed by atoms with Gasteiger partial charge >= 0.3 is 0 Å². The van der Waals surface area contributed by atoms with Crippen molar-refractivity contribution in [2.24, 2.45) is 0 Å². The van der Waals surface area contributed by atoms with Gasteiger partial charge in [-0.05, 0) is 59.2 Å². The SMILES string of the molecule is Brc1cc(NC2CCCc3ccccc32)nc(C2CC2)n1. The second-order valence-corrected chi connectivity index (χ2v) is 6.81. The third-order valence-electron chi connectivity index (χ3n) is 4.35. The topological polar surface area (TPSA) is 37.8 Å². The van der Waals surface area contributed by atoms with Crippen LogP contribution in [-0.2, 0) is 6.42 Å². The lowest BCUT2D eigenvalue weighted by Crippen LogP contribution is -2.18. The van der Waals surface area contributed by atoms with Crippen LogP contribution in [0.2, 0.25) is 0 Å². The lowest BCUT2D eigenvalue weighted by molar-refractivity contribution is 0.598. The Morgan fingerprint density at radius 2 is 1.95 bits per heavy atom. The van der Waals surface area contributed by atoms with E-state index in [0.717, 1.165) is 22.7 Å². The van der Waals surface area contributed by atoms with Crippen LogP contribution in [0, 0.1) is 0 Å². The molecule has 108 valence electrons. The van der Waals surface area contributed by atoms with E-state index in [2.05, 4.69) is 50.5 Å². The number of anilines is 1. The van der Waals surface area contributed by atoms with E-state index in [9.17, 15) is 0 Å². The molecule has 2 aliphatic carbocycles. The molecule has 1 aromatic carbocycles. The van der Waals surface area contributed by atoms with Gasteiger partial charge in [-0.1, -0.05) is 24.3 Å². The van der Waals surface area contributed by atoms with Crippen molar-refractivity contribution in [3.63, 3.8) is 0 Å². The minimum atomic E-state index is 0.365. The quantitative estimate of drug-likeness (QED) is 0.827. The summed E-state index contributed by atoms with van der Waals surface area (Å²) in [5.74, 6) is 2.50. The van der Waals surface area contributed by atoms with Crippen molar-refractivity contribution in [3.05, 3.63) is 51.9 Å². The van der Waals surface area contributed by atoms with Crippen LogP contribution in [0.5, 0.6) is 0 Å². The van der Waals surface area contributed by atoms with Gasteiger partial charge in [0.05, 0.1) is 6.04 Å². The number of aryl methyl sites for hydroxylation is 1. The molecule has 1 unspecified atom stereocenters. The molecule has 4 heteroatoms. The number of hydrogen-bond acceptors (Lipinski definition) is 3. The number of aromatic nitrogens is 2. The Kier molecular flexibility index (Phi) is 3.42. The van der Waals surface area contributed by atoms with Gasteiger partial charge in [-0.15, -0.1) is 0 Å². The molecule has 1 heterocycles. The highest BCUT2D eigenvalue weighted by atomic mass is 79.9. The maximum Gasteiger partial charge on any atom is 0.135 e. The number of nitrogens with zero attached hydrogens (tertiary/aromatic N) is 2. The average Bonchev–Trinajstić information content (AvgIpc) is 3.32. The average molecular weight is 344 g/mol. The number of hydrogen-bond donors (Lipinski definition) is 1. The summed E-state index contributed by atoms with van der Waals surface area (Å²) < 4.78 is 0.881. The van der Waals surface area contributed by atoms with Crippen LogP contribution in [0.4, 0.5) is 5.82 Å². The molecule has 0 amide bonds. The smallest absolute Gasteiger partial charge is 0.135 e. The Bertz CT molecular complexity index is 667. The molecule has 1 saturated carbocycles. The molecule has 3 nitrogen and oxygen atoms in total. The van der Waals surface area contributed by atoms with Gasteiger partial charge in [-0.2, -0.15) is 0 Å². The lowest BCUT2D eigenvalue weighted by atomic mass is 9.88. The van der Waals surface area contributed by atoms with Crippen molar-refractivity contribution in [1.82, 2.24) is 9.97 Å². The third-order valence-corrected chi connectivity index (χ3v) is 4.75. The molecular weight excluding hydrogens is 326 g/mol. The first-order valence-electron chi connectivity index (χ1n) is 7.68. The highest BCUT2D eigenvalue weighted by molar-refractivity contribution is 9.10. The molecular formula is C17H18BrN3. The molecule has 0 saturated heterocycles. The number of benzene rings is 1. The van der Waals surface area contributed by atoms with E-state index in [1.807, 2.05) is 6.07 Å². The number of nitrogens with one attached hydrogen (secondary N) is 1. The molecule has 4 rings (SSSR count). The van der Waals surface area contributed by atoms with Crippen LogP contribution in [0.3, 0.4) is 0 Å². The fourth-order valence-electron chi connectivity index (χ4n) is 3.12. The Hall–Kier alpha value is -1.42. The van der Waals surface area contributed by atoms with Gasteiger partial charge in [0.1, 0.15) is 16.2 Å². The molecule has 21 heavy (non-hydrogen) atoms. The Balaban J connectivity index is 1.62.